The Hall–Kier alpha value is -4.55. The van der Waals surface area contributed by atoms with Crippen LogP contribution in [0.3, 0.4) is 0 Å². The second-order valence-electron chi connectivity index (χ2n) is 11.2. The second-order valence-corrected chi connectivity index (χ2v) is 11.2. The third-order valence-corrected chi connectivity index (χ3v) is 7.43. The molecule has 230 valence electrons. The van der Waals surface area contributed by atoms with E-state index in [4.69, 9.17) is 4.74 Å². The SMILES string of the molecule is CC(C)[C@H]1NC(=O)[C@@H]2CCCN2C(=O)C[C@@H](C(=O)NCCc2cnccn2)NC(=O)c2ccccc2OC[C@H](C)NC1=O. The average molecular weight is 594 g/mol. The molecule has 3 heterocycles. The molecule has 0 aliphatic carbocycles. The van der Waals surface area contributed by atoms with Crippen molar-refractivity contribution in [3.8, 4) is 5.75 Å². The largest absolute Gasteiger partial charge is 0.491 e. The quantitative estimate of drug-likeness (QED) is 0.385. The van der Waals surface area contributed by atoms with Gasteiger partial charge in [0.05, 0.1) is 23.7 Å². The molecular formula is C30H39N7O6. The van der Waals surface area contributed by atoms with Crippen molar-refractivity contribution in [3.05, 3.63) is 54.1 Å². The Morgan fingerprint density at radius 2 is 1.88 bits per heavy atom. The van der Waals surface area contributed by atoms with Crippen molar-refractivity contribution in [1.82, 2.24) is 36.1 Å². The first-order valence-electron chi connectivity index (χ1n) is 14.6. The Bertz CT molecular complexity index is 1320. The van der Waals surface area contributed by atoms with Crippen LogP contribution in [0.4, 0.5) is 0 Å². The van der Waals surface area contributed by atoms with Crippen LogP contribution in [0.2, 0.25) is 0 Å². The average Bonchev–Trinajstić information content (AvgIpc) is 3.49. The van der Waals surface area contributed by atoms with Crippen molar-refractivity contribution < 1.29 is 28.7 Å². The smallest absolute Gasteiger partial charge is 0.255 e. The number of carbonyl (C=O) groups excluding carboxylic acids is 5. The number of amides is 5. The lowest BCUT2D eigenvalue weighted by molar-refractivity contribution is -0.141. The highest BCUT2D eigenvalue weighted by molar-refractivity contribution is 6.01. The lowest BCUT2D eigenvalue weighted by atomic mass is 10.0. The van der Waals surface area contributed by atoms with Crippen LogP contribution in [0.1, 0.15) is 56.1 Å². The minimum Gasteiger partial charge on any atom is -0.491 e. The van der Waals surface area contributed by atoms with Crippen molar-refractivity contribution in [2.75, 3.05) is 19.7 Å². The fourth-order valence-corrected chi connectivity index (χ4v) is 5.12. The summed E-state index contributed by atoms with van der Waals surface area (Å²) >= 11 is 0. The van der Waals surface area contributed by atoms with Gasteiger partial charge in [-0.1, -0.05) is 26.0 Å². The van der Waals surface area contributed by atoms with Gasteiger partial charge < -0.3 is 30.9 Å². The van der Waals surface area contributed by atoms with Gasteiger partial charge in [-0.2, -0.15) is 0 Å². The lowest BCUT2D eigenvalue weighted by Gasteiger charge is -2.29. The summed E-state index contributed by atoms with van der Waals surface area (Å²) in [6.45, 7) is 5.99. The van der Waals surface area contributed by atoms with Crippen LogP contribution in [0, 0.1) is 5.92 Å². The number of nitrogens with zero attached hydrogens (tertiary/aromatic N) is 3. The number of hydrogen-bond acceptors (Lipinski definition) is 8. The maximum atomic E-state index is 13.6. The fraction of sp³-hybridized carbons (Fsp3) is 0.500. The molecule has 1 aromatic heterocycles. The maximum Gasteiger partial charge on any atom is 0.255 e. The summed E-state index contributed by atoms with van der Waals surface area (Å²) in [6.07, 6.45) is 5.75. The number of carbonyl (C=O) groups is 5. The molecule has 0 bridgehead atoms. The molecule has 5 amide bonds. The number of para-hydroxylation sites is 1. The summed E-state index contributed by atoms with van der Waals surface area (Å²) in [5.41, 5.74) is 0.849. The van der Waals surface area contributed by atoms with Crippen LogP contribution < -0.4 is 26.0 Å². The first-order chi connectivity index (χ1) is 20.6. The molecule has 1 aromatic carbocycles. The molecule has 0 spiro atoms. The van der Waals surface area contributed by atoms with E-state index in [1.807, 2.05) is 13.8 Å². The normalized spacial score (nSPS) is 23.7. The Kier molecular flexibility index (Phi) is 10.6. The van der Waals surface area contributed by atoms with E-state index in [1.54, 1.807) is 49.8 Å². The van der Waals surface area contributed by atoms with Gasteiger partial charge in [0.25, 0.3) is 5.91 Å². The lowest BCUT2D eigenvalue weighted by Crippen LogP contribution is -2.57. The summed E-state index contributed by atoms with van der Waals surface area (Å²) in [7, 11) is 0. The Morgan fingerprint density at radius 1 is 1.09 bits per heavy atom. The number of aromatic nitrogens is 2. The number of hydrogen-bond donors (Lipinski definition) is 4. The molecule has 0 unspecified atom stereocenters. The van der Waals surface area contributed by atoms with Crippen LogP contribution >= 0.6 is 0 Å². The van der Waals surface area contributed by atoms with E-state index in [9.17, 15) is 24.0 Å². The van der Waals surface area contributed by atoms with E-state index in [1.165, 1.54) is 4.90 Å². The van der Waals surface area contributed by atoms with Gasteiger partial charge in [0.15, 0.2) is 0 Å². The highest BCUT2D eigenvalue weighted by atomic mass is 16.5. The predicted octanol–water partition coefficient (Wildman–Crippen LogP) is 0.353. The van der Waals surface area contributed by atoms with E-state index in [0.29, 0.717) is 31.5 Å². The molecule has 13 heteroatoms. The number of benzene rings is 1. The van der Waals surface area contributed by atoms with Gasteiger partial charge in [-0.3, -0.25) is 33.9 Å². The first kappa shape index (κ1) is 31.4. The summed E-state index contributed by atoms with van der Waals surface area (Å²) in [5, 5.41) is 11.2. The van der Waals surface area contributed by atoms with Crippen LogP contribution in [-0.2, 0) is 25.6 Å². The van der Waals surface area contributed by atoms with Crippen molar-refractivity contribution in [1.29, 1.82) is 0 Å². The highest BCUT2D eigenvalue weighted by Crippen LogP contribution is 2.22. The minimum atomic E-state index is -1.22. The van der Waals surface area contributed by atoms with Gasteiger partial charge in [-0.15, -0.1) is 0 Å². The predicted molar refractivity (Wildman–Crippen MR) is 156 cm³/mol. The molecule has 2 aliphatic heterocycles. The van der Waals surface area contributed by atoms with Gasteiger partial charge in [-0.05, 0) is 37.8 Å². The molecule has 43 heavy (non-hydrogen) atoms. The number of fused-ring (bicyclic) bond motifs is 2. The van der Waals surface area contributed by atoms with Crippen molar-refractivity contribution >= 4 is 29.5 Å². The number of nitrogens with one attached hydrogen (secondary N) is 4. The highest BCUT2D eigenvalue weighted by Gasteiger charge is 2.38. The van der Waals surface area contributed by atoms with Crippen LogP contribution in [0.5, 0.6) is 5.75 Å². The molecule has 1 fully saturated rings. The minimum absolute atomic E-state index is 0.0516. The van der Waals surface area contributed by atoms with Gasteiger partial charge in [0.1, 0.15) is 30.5 Å². The van der Waals surface area contributed by atoms with Gasteiger partial charge in [-0.25, -0.2) is 0 Å². The van der Waals surface area contributed by atoms with E-state index >= 15 is 0 Å². The number of rotatable bonds is 5. The molecule has 1 saturated heterocycles. The zero-order chi connectivity index (χ0) is 30.9. The molecule has 4 rings (SSSR count). The van der Waals surface area contributed by atoms with E-state index in [0.717, 1.165) is 0 Å². The molecule has 0 saturated carbocycles. The summed E-state index contributed by atoms with van der Waals surface area (Å²) < 4.78 is 5.90. The Morgan fingerprint density at radius 3 is 2.63 bits per heavy atom. The zero-order valence-electron chi connectivity index (χ0n) is 24.7. The Labute approximate surface area is 250 Å². The third-order valence-electron chi connectivity index (χ3n) is 7.43. The van der Waals surface area contributed by atoms with Crippen LogP contribution in [0.15, 0.2) is 42.9 Å². The molecule has 0 radical (unpaired) electrons. The standard InChI is InChI=1S/C30H39N7O6/c1-18(2)26-30(42)34-19(3)17-43-24-9-5-4-7-21(24)27(39)35-22(28(40)33-11-10-20-16-31-12-13-32-20)15-25(38)37-14-6-8-23(37)29(41)36-26/h4-5,7,9,12-13,16,18-19,22-23,26H,6,8,10-11,14-15,17H2,1-3H3,(H,33,40)(H,34,42)(H,35,39)(H,36,41)/t19-,22-,23-,26+/m0/s1. The first-order valence-corrected chi connectivity index (χ1v) is 14.6. The van der Waals surface area contributed by atoms with Crippen molar-refractivity contribution in [2.24, 2.45) is 5.92 Å². The molecule has 13 nitrogen and oxygen atoms in total. The van der Waals surface area contributed by atoms with Gasteiger partial charge in [0.2, 0.25) is 23.6 Å². The van der Waals surface area contributed by atoms with Gasteiger partial charge >= 0.3 is 0 Å². The molecule has 4 N–H and O–H groups in total. The molecule has 4 atom stereocenters. The van der Waals surface area contributed by atoms with E-state index in [-0.39, 0.29) is 42.7 Å². The topological polar surface area (TPSA) is 172 Å². The van der Waals surface area contributed by atoms with E-state index in [2.05, 4.69) is 31.2 Å². The fourth-order valence-electron chi connectivity index (χ4n) is 5.12. The number of ether oxygens (including phenoxy) is 1. The second kappa shape index (κ2) is 14.6. The van der Waals surface area contributed by atoms with Crippen LogP contribution in [-0.4, -0.2) is 88.3 Å². The van der Waals surface area contributed by atoms with Gasteiger partial charge in [0, 0.05) is 38.1 Å². The summed E-state index contributed by atoms with van der Waals surface area (Å²) in [4.78, 5) is 76.5. The van der Waals surface area contributed by atoms with E-state index < -0.39 is 47.8 Å². The van der Waals surface area contributed by atoms with Crippen molar-refractivity contribution in [3.63, 3.8) is 0 Å². The maximum absolute atomic E-state index is 13.6. The monoisotopic (exact) mass is 593 g/mol. The van der Waals surface area contributed by atoms with Crippen molar-refractivity contribution in [2.45, 2.75) is 70.6 Å². The summed E-state index contributed by atoms with van der Waals surface area (Å²) in [5.74, 6) is -2.38. The molecule has 2 aliphatic rings. The Balaban J connectivity index is 1.60. The van der Waals surface area contributed by atoms with Crippen LogP contribution in [0.25, 0.3) is 0 Å². The summed E-state index contributed by atoms with van der Waals surface area (Å²) in [6, 6.07) is 3.24. The molecular weight excluding hydrogens is 554 g/mol. The third kappa shape index (κ3) is 8.27. The zero-order valence-corrected chi connectivity index (χ0v) is 24.7. The molecule has 2 aromatic rings.